The van der Waals surface area contributed by atoms with Crippen LogP contribution >= 0.6 is 15.9 Å². The van der Waals surface area contributed by atoms with E-state index in [9.17, 15) is 29.3 Å². The summed E-state index contributed by atoms with van der Waals surface area (Å²) in [5.74, 6) is -3.33. The molecule has 0 aliphatic carbocycles. The number of carbonyl (C=O) groups excluding carboxylic acids is 2. The second kappa shape index (κ2) is 19.1. The van der Waals surface area contributed by atoms with Gasteiger partial charge in [-0.1, -0.05) is 41.9 Å². The smallest absolute Gasteiger partial charge is 0.354 e. The Labute approximate surface area is 285 Å². The van der Waals surface area contributed by atoms with Crippen LogP contribution < -0.4 is 5.73 Å². The lowest BCUT2D eigenvalue weighted by Crippen LogP contribution is -2.44. The number of nitro groups is 1. The van der Waals surface area contributed by atoms with Crippen molar-refractivity contribution in [1.82, 2.24) is 9.88 Å². The normalized spacial score (nSPS) is 13.7. The number of nitrogens with zero attached hydrogens (tertiary/aromatic N) is 3. The molecule has 0 amide bonds. The average molecular weight is 736 g/mol. The molecule has 0 spiro atoms. The molecule has 1 atom stereocenters. The van der Waals surface area contributed by atoms with Crippen LogP contribution in [0.1, 0.15) is 71.8 Å². The van der Waals surface area contributed by atoms with Crippen molar-refractivity contribution in [1.29, 1.82) is 0 Å². The van der Waals surface area contributed by atoms with Crippen LogP contribution in [-0.2, 0) is 43.2 Å². The number of hydrogen-bond acceptors (Lipinski definition) is 12. The molecule has 2 aromatic rings. The van der Waals surface area contributed by atoms with E-state index in [1.807, 2.05) is 0 Å². The van der Waals surface area contributed by atoms with Gasteiger partial charge in [0.05, 0.1) is 24.7 Å². The zero-order valence-electron chi connectivity index (χ0n) is 27.1. The molecule has 4 N–H and O–H groups in total. The quantitative estimate of drug-likeness (QED) is 0.0999. The summed E-state index contributed by atoms with van der Waals surface area (Å²) in [6.45, 7) is 8.02. The molecule has 16 heteroatoms. The van der Waals surface area contributed by atoms with Crippen LogP contribution in [0.3, 0.4) is 0 Å². The highest BCUT2D eigenvalue weighted by Crippen LogP contribution is 2.29. The molecule has 0 bridgehead atoms. The minimum atomic E-state index is -1.22. The lowest BCUT2D eigenvalue weighted by atomic mass is 10.0. The van der Waals surface area contributed by atoms with E-state index in [-0.39, 0.29) is 42.5 Å². The van der Waals surface area contributed by atoms with E-state index >= 15 is 0 Å². The van der Waals surface area contributed by atoms with Crippen molar-refractivity contribution in [2.24, 2.45) is 5.73 Å². The summed E-state index contributed by atoms with van der Waals surface area (Å²) in [4.78, 5) is 63.3. The second-order valence-corrected chi connectivity index (χ2v) is 10.8. The molecule has 48 heavy (non-hydrogen) atoms. The summed E-state index contributed by atoms with van der Waals surface area (Å²) in [7, 11) is 0. The zero-order valence-corrected chi connectivity index (χ0v) is 28.6. The Balaban J connectivity index is 0.000000397. The van der Waals surface area contributed by atoms with Gasteiger partial charge in [0.15, 0.2) is 17.4 Å². The van der Waals surface area contributed by atoms with Gasteiger partial charge < -0.3 is 35.1 Å². The van der Waals surface area contributed by atoms with E-state index in [0.29, 0.717) is 59.3 Å². The molecular weight excluding hydrogens is 696 g/mol. The maximum atomic E-state index is 12.7. The average Bonchev–Trinajstić information content (AvgIpc) is 3.05. The molecule has 3 rings (SSSR count). The number of nitrogens with two attached hydrogens (primary N) is 1. The van der Waals surface area contributed by atoms with Crippen LogP contribution in [0.5, 0.6) is 0 Å². The number of rotatable bonds is 15. The van der Waals surface area contributed by atoms with Crippen molar-refractivity contribution >= 4 is 45.5 Å². The predicted octanol–water partition coefficient (Wildman–Crippen LogP) is 4.40. The Hall–Kier alpha value is -4.83. The largest absolute Gasteiger partial charge is 0.494 e. The van der Waals surface area contributed by atoms with Gasteiger partial charge in [0.1, 0.15) is 11.5 Å². The Morgan fingerprint density at radius 2 is 1.62 bits per heavy atom. The van der Waals surface area contributed by atoms with Crippen molar-refractivity contribution < 1.29 is 48.5 Å². The standard InChI is InChI=1S/C21H27N3O7.C11H12BrNO4/c1-3-29-20(25)18-12-17(31-10-6-9-22)13-19(21(26)30-4-2)23(18)14-15-7-5-8-16(11-15)24(27)28;1-3-5-7(12)6(4-2)9(11(16)17)13-8(5)10(14)15/h5,7-8,11-13,18H,3-4,6,9-10,14,22H2,1-2H3;3-4H2,1-2H3,(H,14,15)(H,16,17). The van der Waals surface area contributed by atoms with Crippen LogP contribution in [0.4, 0.5) is 5.69 Å². The molecule has 0 saturated carbocycles. The number of esters is 2. The third kappa shape index (κ3) is 10.3. The number of non-ortho nitro benzene ring substituents is 1. The van der Waals surface area contributed by atoms with Gasteiger partial charge in [0.25, 0.3) is 5.69 Å². The van der Waals surface area contributed by atoms with Crippen molar-refractivity contribution in [3.63, 3.8) is 0 Å². The van der Waals surface area contributed by atoms with Gasteiger partial charge in [-0.15, -0.1) is 0 Å². The van der Waals surface area contributed by atoms with Crippen molar-refractivity contribution in [2.45, 2.75) is 59.5 Å². The summed E-state index contributed by atoms with van der Waals surface area (Å²) < 4.78 is 16.5. The maximum absolute atomic E-state index is 12.7. The summed E-state index contributed by atoms with van der Waals surface area (Å²) in [6, 6.07) is 5.00. The van der Waals surface area contributed by atoms with Crippen molar-refractivity contribution in [3.05, 3.63) is 90.5 Å². The number of halogens is 1. The van der Waals surface area contributed by atoms with Crippen LogP contribution in [0, 0.1) is 10.1 Å². The number of carboxylic acid groups (broad SMARTS) is 2. The van der Waals surface area contributed by atoms with E-state index < -0.39 is 34.8 Å². The van der Waals surface area contributed by atoms with Crippen molar-refractivity contribution in [2.75, 3.05) is 26.4 Å². The molecular formula is C32H39BrN4O11. The Morgan fingerprint density at radius 3 is 2.12 bits per heavy atom. The summed E-state index contributed by atoms with van der Waals surface area (Å²) in [6.07, 6.45) is 4.59. The lowest BCUT2D eigenvalue weighted by Gasteiger charge is -2.34. The first-order valence-electron chi connectivity index (χ1n) is 15.1. The number of benzene rings is 1. The maximum Gasteiger partial charge on any atom is 0.354 e. The monoisotopic (exact) mass is 734 g/mol. The lowest BCUT2D eigenvalue weighted by molar-refractivity contribution is -0.384. The number of carboxylic acids is 2. The molecule has 1 unspecified atom stereocenters. The third-order valence-electron chi connectivity index (χ3n) is 6.79. The van der Waals surface area contributed by atoms with E-state index in [0.717, 1.165) is 0 Å². The van der Waals surface area contributed by atoms with Gasteiger partial charge in [-0.05, 0) is 62.4 Å². The molecule has 15 nitrogen and oxygen atoms in total. The zero-order chi connectivity index (χ0) is 36.0. The fourth-order valence-electron chi connectivity index (χ4n) is 4.61. The molecule has 0 saturated heterocycles. The molecule has 1 aromatic carbocycles. The Kier molecular flexibility index (Phi) is 15.7. The van der Waals surface area contributed by atoms with Crippen molar-refractivity contribution in [3.8, 4) is 0 Å². The molecule has 260 valence electrons. The van der Waals surface area contributed by atoms with Gasteiger partial charge in [-0.3, -0.25) is 10.1 Å². The first-order chi connectivity index (χ1) is 22.8. The molecule has 0 radical (unpaired) electrons. The minimum Gasteiger partial charge on any atom is -0.494 e. The number of aromatic nitrogens is 1. The summed E-state index contributed by atoms with van der Waals surface area (Å²) in [5.41, 5.74) is 6.69. The molecule has 1 aliphatic heterocycles. The Bertz CT molecular complexity index is 1540. The van der Waals surface area contributed by atoms with E-state index in [1.54, 1.807) is 45.9 Å². The van der Waals surface area contributed by atoms with Gasteiger partial charge in [-0.25, -0.2) is 24.2 Å². The van der Waals surface area contributed by atoms with Gasteiger partial charge in [0, 0.05) is 29.2 Å². The van der Waals surface area contributed by atoms with E-state index in [2.05, 4.69) is 20.9 Å². The van der Waals surface area contributed by atoms with E-state index in [4.69, 9.17) is 30.2 Å². The number of carbonyl (C=O) groups is 4. The number of pyridine rings is 1. The molecule has 2 heterocycles. The fourth-order valence-corrected chi connectivity index (χ4v) is 5.55. The number of hydrogen-bond donors (Lipinski definition) is 3. The summed E-state index contributed by atoms with van der Waals surface area (Å²) >= 11 is 3.27. The summed E-state index contributed by atoms with van der Waals surface area (Å²) in [5, 5.41) is 29.2. The fraction of sp³-hybridized carbons (Fsp3) is 0.406. The minimum absolute atomic E-state index is 0.0440. The molecule has 1 aromatic heterocycles. The highest BCUT2D eigenvalue weighted by Gasteiger charge is 2.35. The first-order valence-corrected chi connectivity index (χ1v) is 15.9. The second-order valence-electron chi connectivity index (χ2n) is 9.96. The third-order valence-corrected chi connectivity index (χ3v) is 7.75. The number of ether oxygens (including phenoxy) is 3. The first kappa shape index (κ1) is 39.3. The highest BCUT2D eigenvalue weighted by molar-refractivity contribution is 9.10. The van der Waals surface area contributed by atoms with Crippen LogP contribution in [0.15, 0.2) is 52.3 Å². The van der Waals surface area contributed by atoms with Gasteiger partial charge >= 0.3 is 23.9 Å². The number of nitro benzene ring substituents is 1. The van der Waals surface area contributed by atoms with E-state index in [1.165, 1.54) is 23.1 Å². The topological polar surface area (TPSA) is 222 Å². The van der Waals surface area contributed by atoms with Crippen LogP contribution in [0.25, 0.3) is 0 Å². The molecule has 1 aliphatic rings. The van der Waals surface area contributed by atoms with Gasteiger partial charge in [0.2, 0.25) is 0 Å². The highest BCUT2D eigenvalue weighted by atomic mass is 79.9. The molecule has 0 fully saturated rings. The SMILES string of the molecule is CCOC(=O)C1=CC(OCCCN)=CC(C(=O)OCC)N1Cc1cccc([N+](=O)[O-])c1.CCc1c(C(=O)O)nc(C(=O)O)c(CC)c1Br. The van der Waals surface area contributed by atoms with Crippen LogP contribution in [-0.4, -0.2) is 81.3 Å². The predicted molar refractivity (Wildman–Crippen MR) is 176 cm³/mol. The number of aromatic carboxylic acids is 2. The van der Waals surface area contributed by atoms with Gasteiger partial charge in [-0.2, -0.15) is 0 Å². The van der Waals surface area contributed by atoms with Crippen LogP contribution in [0.2, 0.25) is 0 Å². The Morgan fingerprint density at radius 1 is 1.02 bits per heavy atom. The number of allylic oxidation sites excluding steroid dienone is 1.